The van der Waals surface area contributed by atoms with E-state index in [4.69, 9.17) is 0 Å². The summed E-state index contributed by atoms with van der Waals surface area (Å²) in [5.41, 5.74) is 0. The third-order valence-corrected chi connectivity index (χ3v) is 5.36. The van der Waals surface area contributed by atoms with E-state index >= 15 is 0 Å². The molecule has 3 fully saturated rings. The molecule has 0 amide bonds. The second-order valence-corrected chi connectivity index (χ2v) is 6.78. The monoisotopic (exact) mass is 265 g/mol. The van der Waals surface area contributed by atoms with E-state index in [0.29, 0.717) is 0 Å². The normalized spacial score (nSPS) is 30.6. The molecule has 3 aliphatic rings. The molecule has 110 valence electrons. The smallest absolute Gasteiger partial charge is 0.0224 e. The summed E-state index contributed by atoms with van der Waals surface area (Å²) in [5, 5.41) is 3.77. The molecule has 1 aliphatic carbocycles. The average Bonchev–Trinajstić information content (AvgIpc) is 2.92. The van der Waals surface area contributed by atoms with Crippen molar-refractivity contribution >= 4 is 0 Å². The van der Waals surface area contributed by atoms with E-state index in [2.05, 4.69) is 15.1 Å². The molecule has 0 aromatic rings. The first kappa shape index (κ1) is 13.8. The Hall–Kier alpha value is -0.120. The number of rotatable bonds is 5. The summed E-state index contributed by atoms with van der Waals surface area (Å²) in [5.74, 6) is 0. The second kappa shape index (κ2) is 7.05. The highest BCUT2D eigenvalue weighted by Gasteiger charge is 2.29. The lowest BCUT2D eigenvalue weighted by atomic mass is 9.95. The van der Waals surface area contributed by atoms with Crippen molar-refractivity contribution in [3.05, 3.63) is 0 Å². The van der Waals surface area contributed by atoms with Crippen LogP contribution in [0.1, 0.15) is 51.4 Å². The van der Waals surface area contributed by atoms with Crippen molar-refractivity contribution in [1.82, 2.24) is 15.1 Å². The Morgan fingerprint density at radius 1 is 0.895 bits per heavy atom. The number of nitrogens with zero attached hydrogens (tertiary/aromatic N) is 2. The SMILES string of the molecule is C1CCC(NCCCN2CCN3CCCC3C2)CC1. The number of piperazine rings is 1. The van der Waals surface area contributed by atoms with Gasteiger partial charge in [0.2, 0.25) is 0 Å². The highest BCUT2D eigenvalue weighted by Crippen LogP contribution is 2.21. The number of hydrogen-bond acceptors (Lipinski definition) is 3. The number of nitrogens with one attached hydrogen (secondary N) is 1. The molecule has 1 unspecified atom stereocenters. The Labute approximate surface area is 118 Å². The van der Waals surface area contributed by atoms with Crippen LogP contribution in [-0.4, -0.2) is 61.2 Å². The maximum absolute atomic E-state index is 3.77. The predicted molar refractivity (Wildman–Crippen MR) is 80.5 cm³/mol. The maximum atomic E-state index is 3.77. The first-order valence-corrected chi connectivity index (χ1v) is 8.61. The lowest BCUT2D eigenvalue weighted by Crippen LogP contribution is -2.50. The van der Waals surface area contributed by atoms with Gasteiger partial charge in [-0.2, -0.15) is 0 Å². The minimum Gasteiger partial charge on any atom is -0.314 e. The lowest BCUT2D eigenvalue weighted by Gasteiger charge is -2.37. The highest BCUT2D eigenvalue weighted by molar-refractivity contribution is 4.86. The van der Waals surface area contributed by atoms with Crippen molar-refractivity contribution < 1.29 is 0 Å². The Bertz CT molecular complexity index is 263. The van der Waals surface area contributed by atoms with Gasteiger partial charge in [-0.15, -0.1) is 0 Å². The van der Waals surface area contributed by atoms with Gasteiger partial charge in [-0.05, 0) is 51.7 Å². The van der Waals surface area contributed by atoms with E-state index in [1.807, 2.05) is 0 Å². The van der Waals surface area contributed by atoms with Crippen molar-refractivity contribution in [3.8, 4) is 0 Å². The number of fused-ring (bicyclic) bond motifs is 1. The van der Waals surface area contributed by atoms with E-state index in [0.717, 1.165) is 12.1 Å². The first-order chi connectivity index (χ1) is 9.42. The minimum atomic E-state index is 0.834. The van der Waals surface area contributed by atoms with Gasteiger partial charge in [-0.25, -0.2) is 0 Å². The number of hydrogen-bond donors (Lipinski definition) is 1. The zero-order valence-electron chi connectivity index (χ0n) is 12.4. The van der Waals surface area contributed by atoms with Gasteiger partial charge in [0.1, 0.15) is 0 Å². The Kier molecular flexibility index (Phi) is 5.14. The maximum Gasteiger partial charge on any atom is 0.0224 e. The third kappa shape index (κ3) is 3.93. The van der Waals surface area contributed by atoms with Crippen molar-refractivity contribution in [3.63, 3.8) is 0 Å². The van der Waals surface area contributed by atoms with Crippen molar-refractivity contribution in [1.29, 1.82) is 0 Å². The second-order valence-electron chi connectivity index (χ2n) is 6.78. The Morgan fingerprint density at radius 3 is 2.68 bits per heavy atom. The van der Waals surface area contributed by atoms with Crippen LogP contribution in [0.15, 0.2) is 0 Å². The first-order valence-electron chi connectivity index (χ1n) is 8.61. The van der Waals surface area contributed by atoms with E-state index in [1.165, 1.54) is 90.6 Å². The Balaban J connectivity index is 1.27. The zero-order valence-corrected chi connectivity index (χ0v) is 12.4. The minimum absolute atomic E-state index is 0.834. The van der Waals surface area contributed by atoms with Crippen molar-refractivity contribution in [2.24, 2.45) is 0 Å². The van der Waals surface area contributed by atoms with Gasteiger partial charge in [0.05, 0.1) is 0 Å². The van der Waals surface area contributed by atoms with Crippen LogP contribution in [0.5, 0.6) is 0 Å². The molecule has 1 saturated carbocycles. The van der Waals surface area contributed by atoms with E-state index in [1.54, 1.807) is 0 Å². The molecule has 2 saturated heterocycles. The Morgan fingerprint density at radius 2 is 1.79 bits per heavy atom. The molecule has 19 heavy (non-hydrogen) atoms. The molecule has 1 atom stereocenters. The van der Waals surface area contributed by atoms with Crippen LogP contribution >= 0.6 is 0 Å². The largest absolute Gasteiger partial charge is 0.314 e. The summed E-state index contributed by atoms with van der Waals surface area (Å²) in [6, 6.07) is 1.72. The summed E-state index contributed by atoms with van der Waals surface area (Å²) in [4.78, 5) is 5.41. The molecular weight excluding hydrogens is 234 g/mol. The lowest BCUT2D eigenvalue weighted by molar-refractivity contribution is 0.103. The molecule has 1 N–H and O–H groups in total. The van der Waals surface area contributed by atoms with Crippen LogP contribution < -0.4 is 5.32 Å². The molecule has 3 heteroatoms. The molecule has 0 aromatic heterocycles. The molecule has 0 bridgehead atoms. The van der Waals surface area contributed by atoms with Gasteiger partial charge in [0.25, 0.3) is 0 Å². The van der Waals surface area contributed by atoms with Crippen LogP contribution in [-0.2, 0) is 0 Å². The quantitative estimate of drug-likeness (QED) is 0.768. The molecule has 0 aromatic carbocycles. The summed E-state index contributed by atoms with van der Waals surface area (Å²) < 4.78 is 0. The summed E-state index contributed by atoms with van der Waals surface area (Å²) >= 11 is 0. The van der Waals surface area contributed by atoms with Crippen molar-refractivity contribution in [2.75, 3.05) is 39.3 Å². The van der Waals surface area contributed by atoms with Gasteiger partial charge < -0.3 is 10.2 Å². The molecule has 0 spiro atoms. The predicted octanol–water partition coefficient (Wildman–Crippen LogP) is 2.08. The molecular formula is C16H31N3. The standard InChI is InChI=1S/C16H31N3/c1-2-6-15(7-3-1)17-9-5-10-18-12-13-19-11-4-8-16(19)14-18/h15-17H,1-14H2. The van der Waals surface area contributed by atoms with Gasteiger partial charge in [-0.3, -0.25) is 4.90 Å². The van der Waals surface area contributed by atoms with Crippen LogP contribution in [0, 0.1) is 0 Å². The average molecular weight is 265 g/mol. The van der Waals surface area contributed by atoms with Gasteiger partial charge in [0, 0.05) is 31.7 Å². The summed E-state index contributed by atoms with van der Waals surface area (Å²) in [7, 11) is 0. The summed E-state index contributed by atoms with van der Waals surface area (Å²) in [6.07, 6.45) is 11.4. The summed E-state index contributed by atoms with van der Waals surface area (Å²) in [6.45, 7) is 7.87. The van der Waals surface area contributed by atoms with E-state index in [-0.39, 0.29) is 0 Å². The topological polar surface area (TPSA) is 18.5 Å². The fourth-order valence-corrected chi connectivity index (χ4v) is 4.17. The van der Waals surface area contributed by atoms with Gasteiger partial charge >= 0.3 is 0 Å². The van der Waals surface area contributed by atoms with Crippen LogP contribution in [0.25, 0.3) is 0 Å². The molecule has 3 nitrogen and oxygen atoms in total. The fourth-order valence-electron chi connectivity index (χ4n) is 4.17. The van der Waals surface area contributed by atoms with Gasteiger partial charge in [-0.1, -0.05) is 19.3 Å². The van der Waals surface area contributed by atoms with Crippen LogP contribution in [0.4, 0.5) is 0 Å². The van der Waals surface area contributed by atoms with Crippen molar-refractivity contribution in [2.45, 2.75) is 63.5 Å². The van der Waals surface area contributed by atoms with Crippen LogP contribution in [0.2, 0.25) is 0 Å². The molecule has 2 heterocycles. The third-order valence-electron chi connectivity index (χ3n) is 5.36. The van der Waals surface area contributed by atoms with E-state index in [9.17, 15) is 0 Å². The highest BCUT2D eigenvalue weighted by atomic mass is 15.3. The van der Waals surface area contributed by atoms with Crippen LogP contribution in [0.3, 0.4) is 0 Å². The molecule has 3 rings (SSSR count). The fraction of sp³-hybridized carbons (Fsp3) is 1.00. The zero-order chi connectivity index (χ0) is 12.9. The van der Waals surface area contributed by atoms with E-state index < -0.39 is 0 Å². The van der Waals surface area contributed by atoms with Gasteiger partial charge in [0.15, 0.2) is 0 Å². The molecule has 0 radical (unpaired) electrons. The molecule has 2 aliphatic heterocycles.